The quantitative estimate of drug-likeness (QED) is 0.532. The van der Waals surface area contributed by atoms with E-state index < -0.39 is 5.97 Å². The molecule has 4 heteroatoms. The zero-order valence-corrected chi connectivity index (χ0v) is 12.1. The van der Waals surface area contributed by atoms with Gasteiger partial charge in [-0.3, -0.25) is 4.79 Å². The summed E-state index contributed by atoms with van der Waals surface area (Å²) in [5.41, 5.74) is 2.63. The first-order valence-corrected chi connectivity index (χ1v) is 6.51. The number of ether oxygens (including phenoxy) is 1. The summed E-state index contributed by atoms with van der Waals surface area (Å²) in [6, 6.07) is 12.5. The first-order valence-electron chi connectivity index (χ1n) is 6.06. The molecule has 0 aliphatic rings. The van der Waals surface area contributed by atoms with Crippen LogP contribution in [0, 0.1) is 0 Å². The number of Topliss-reactive ketones (excluding diaryl/α,β-unsaturated/α-hetero) is 1. The van der Waals surface area contributed by atoms with Gasteiger partial charge in [0.05, 0.1) is 12.7 Å². The summed E-state index contributed by atoms with van der Waals surface area (Å²) < 4.78 is 4.80. The Bertz CT molecular complexity index is 660. The predicted molar refractivity (Wildman–Crippen MR) is 80.5 cm³/mol. The molecule has 0 fully saturated rings. The van der Waals surface area contributed by atoms with Crippen LogP contribution in [-0.2, 0) is 4.74 Å². The van der Waals surface area contributed by atoms with Crippen LogP contribution in [0.25, 0.3) is 11.1 Å². The molecule has 0 aliphatic heterocycles. The Kier molecular flexibility index (Phi) is 4.25. The molecule has 0 heterocycles. The second-order valence-electron chi connectivity index (χ2n) is 4.32. The molecule has 0 radical (unpaired) electrons. The molecular formula is C16H14O3S. The van der Waals surface area contributed by atoms with E-state index in [9.17, 15) is 9.59 Å². The molecule has 0 N–H and O–H groups in total. The molecule has 0 aromatic heterocycles. The molecule has 20 heavy (non-hydrogen) atoms. The third kappa shape index (κ3) is 2.75. The lowest BCUT2D eigenvalue weighted by atomic mass is 9.98. The van der Waals surface area contributed by atoms with Gasteiger partial charge in [-0.25, -0.2) is 4.79 Å². The number of thiol groups is 1. The van der Waals surface area contributed by atoms with Crippen LogP contribution in [0.15, 0.2) is 47.4 Å². The van der Waals surface area contributed by atoms with E-state index in [1.807, 2.05) is 24.3 Å². The second kappa shape index (κ2) is 5.92. The van der Waals surface area contributed by atoms with Crippen molar-refractivity contribution in [2.45, 2.75) is 11.8 Å². The van der Waals surface area contributed by atoms with Gasteiger partial charge in [-0.2, -0.15) is 0 Å². The molecular weight excluding hydrogens is 272 g/mol. The molecule has 0 aliphatic carbocycles. The maximum atomic E-state index is 11.9. The van der Waals surface area contributed by atoms with Crippen LogP contribution in [0.4, 0.5) is 0 Å². The Labute approximate surface area is 123 Å². The van der Waals surface area contributed by atoms with Gasteiger partial charge in [0.25, 0.3) is 0 Å². The third-order valence-corrected chi connectivity index (χ3v) is 3.41. The second-order valence-corrected chi connectivity index (χ2v) is 4.81. The van der Waals surface area contributed by atoms with Crippen LogP contribution >= 0.6 is 12.6 Å². The lowest BCUT2D eigenvalue weighted by Crippen LogP contribution is -2.05. The van der Waals surface area contributed by atoms with Gasteiger partial charge in [0.1, 0.15) is 0 Å². The number of esters is 1. The summed E-state index contributed by atoms with van der Waals surface area (Å²) in [5, 5.41) is 0. The number of benzene rings is 2. The third-order valence-electron chi connectivity index (χ3n) is 3.03. The lowest BCUT2D eigenvalue weighted by Gasteiger charge is -2.10. The van der Waals surface area contributed by atoms with Gasteiger partial charge in [-0.15, -0.1) is 12.6 Å². The fraction of sp³-hybridized carbons (Fsp3) is 0.125. The highest BCUT2D eigenvalue weighted by atomic mass is 32.1. The van der Waals surface area contributed by atoms with Crippen LogP contribution < -0.4 is 0 Å². The number of hydrogen-bond donors (Lipinski definition) is 1. The van der Waals surface area contributed by atoms with Crippen LogP contribution in [-0.4, -0.2) is 18.9 Å². The number of hydrogen-bond acceptors (Lipinski definition) is 4. The van der Waals surface area contributed by atoms with E-state index in [0.29, 0.717) is 16.0 Å². The molecule has 0 unspecified atom stereocenters. The minimum absolute atomic E-state index is 0.00712. The number of carbonyl (C=O) groups is 2. The van der Waals surface area contributed by atoms with E-state index in [0.717, 1.165) is 11.1 Å². The fourth-order valence-electron chi connectivity index (χ4n) is 1.98. The Morgan fingerprint density at radius 2 is 1.70 bits per heavy atom. The molecule has 0 bridgehead atoms. The largest absolute Gasteiger partial charge is 0.465 e. The highest BCUT2D eigenvalue weighted by Crippen LogP contribution is 2.29. The van der Waals surface area contributed by atoms with Crippen molar-refractivity contribution in [1.29, 1.82) is 0 Å². The average molecular weight is 286 g/mol. The smallest absolute Gasteiger partial charge is 0.339 e. The summed E-state index contributed by atoms with van der Waals surface area (Å²) in [7, 11) is 1.34. The van der Waals surface area contributed by atoms with Crippen LogP contribution in [0.2, 0.25) is 0 Å². The number of rotatable bonds is 3. The lowest BCUT2D eigenvalue weighted by molar-refractivity contribution is 0.0597. The molecule has 0 saturated heterocycles. The van der Waals surface area contributed by atoms with E-state index in [1.54, 1.807) is 18.2 Å². The predicted octanol–water partition coefficient (Wildman–Crippen LogP) is 3.63. The van der Waals surface area contributed by atoms with E-state index >= 15 is 0 Å². The van der Waals surface area contributed by atoms with Crippen LogP contribution in [0.3, 0.4) is 0 Å². The highest BCUT2D eigenvalue weighted by Gasteiger charge is 2.16. The summed E-state index contributed by atoms with van der Waals surface area (Å²) in [6.45, 7) is 1.52. The summed E-state index contributed by atoms with van der Waals surface area (Å²) in [6.07, 6.45) is 0. The Hall–Kier alpha value is -2.07. The maximum absolute atomic E-state index is 11.9. The van der Waals surface area contributed by atoms with Gasteiger partial charge in [0.15, 0.2) is 5.78 Å². The average Bonchev–Trinajstić information content (AvgIpc) is 2.46. The topological polar surface area (TPSA) is 43.4 Å². The Morgan fingerprint density at radius 1 is 1.05 bits per heavy atom. The number of carbonyl (C=O) groups excluding carboxylic acids is 2. The normalized spacial score (nSPS) is 10.2. The van der Waals surface area contributed by atoms with Gasteiger partial charge in [0, 0.05) is 10.5 Å². The van der Waals surface area contributed by atoms with Crippen molar-refractivity contribution in [1.82, 2.24) is 0 Å². The van der Waals surface area contributed by atoms with Crippen molar-refractivity contribution in [3.05, 3.63) is 53.6 Å². The molecule has 0 spiro atoms. The molecule has 3 nitrogen and oxygen atoms in total. The molecule has 0 saturated carbocycles. The molecule has 2 aromatic rings. The van der Waals surface area contributed by atoms with Gasteiger partial charge in [-0.05, 0) is 24.1 Å². The molecule has 0 amide bonds. The standard InChI is InChI=1S/C16H14O3S/c1-10(17)11-6-8-12(9-7-11)13-4-3-5-14(20)15(13)16(18)19-2/h3-9,20H,1-2H3. The van der Waals surface area contributed by atoms with Crippen LogP contribution in [0.5, 0.6) is 0 Å². The summed E-state index contributed by atoms with van der Waals surface area (Å²) in [5.74, 6) is -0.422. The van der Waals surface area contributed by atoms with Gasteiger partial charge in [0.2, 0.25) is 0 Å². The first-order chi connectivity index (χ1) is 9.54. The Balaban J connectivity index is 2.55. The van der Waals surface area contributed by atoms with Gasteiger partial charge < -0.3 is 4.74 Å². The zero-order chi connectivity index (χ0) is 14.7. The SMILES string of the molecule is COC(=O)c1c(S)cccc1-c1ccc(C(C)=O)cc1. The number of methoxy groups -OCH3 is 1. The monoisotopic (exact) mass is 286 g/mol. The first kappa shape index (κ1) is 14.3. The summed E-state index contributed by atoms with van der Waals surface area (Å²) >= 11 is 4.31. The van der Waals surface area contributed by atoms with E-state index in [1.165, 1.54) is 14.0 Å². The van der Waals surface area contributed by atoms with Gasteiger partial charge >= 0.3 is 5.97 Å². The summed E-state index contributed by atoms with van der Waals surface area (Å²) in [4.78, 5) is 23.7. The van der Waals surface area contributed by atoms with Crippen LogP contribution in [0.1, 0.15) is 27.6 Å². The van der Waals surface area contributed by atoms with E-state index in [4.69, 9.17) is 4.74 Å². The fourth-order valence-corrected chi connectivity index (χ4v) is 2.28. The van der Waals surface area contributed by atoms with E-state index in [2.05, 4.69) is 12.6 Å². The van der Waals surface area contributed by atoms with Crippen molar-refractivity contribution < 1.29 is 14.3 Å². The highest BCUT2D eigenvalue weighted by molar-refractivity contribution is 7.80. The molecule has 0 atom stereocenters. The van der Waals surface area contributed by atoms with Crippen molar-refractivity contribution in [2.75, 3.05) is 7.11 Å². The van der Waals surface area contributed by atoms with Crippen molar-refractivity contribution >= 4 is 24.4 Å². The van der Waals surface area contributed by atoms with Crippen molar-refractivity contribution in [2.24, 2.45) is 0 Å². The zero-order valence-electron chi connectivity index (χ0n) is 11.2. The molecule has 2 rings (SSSR count). The van der Waals surface area contributed by atoms with Crippen molar-refractivity contribution in [3.63, 3.8) is 0 Å². The maximum Gasteiger partial charge on any atom is 0.339 e. The Morgan fingerprint density at radius 3 is 2.25 bits per heavy atom. The minimum atomic E-state index is -0.429. The molecule has 2 aromatic carbocycles. The number of ketones is 1. The minimum Gasteiger partial charge on any atom is -0.465 e. The van der Waals surface area contributed by atoms with E-state index in [-0.39, 0.29) is 5.78 Å². The van der Waals surface area contributed by atoms with Crippen molar-refractivity contribution in [3.8, 4) is 11.1 Å². The van der Waals surface area contributed by atoms with Gasteiger partial charge in [-0.1, -0.05) is 36.4 Å². The molecule has 102 valence electrons.